The second-order valence-corrected chi connectivity index (χ2v) is 5.24. The SMILES string of the molecule is CC(CCC(=O)O)N1C2CCC1CC(O)C2. The van der Waals surface area contributed by atoms with Gasteiger partial charge in [0, 0.05) is 24.5 Å². The minimum absolute atomic E-state index is 0.138. The van der Waals surface area contributed by atoms with Gasteiger partial charge in [-0.1, -0.05) is 0 Å². The van der Waals surface area contributed by atoms with Crippen molar-refractivity contribution in [2.45, 2.75) is 69.7 Å². The van der Waals surface area contributed by atoms with E-state index in [-0.39, 0.29) is 12.5 Å². The number of piperidine rings is 1. The molecule has 4 heteroatoms. The highest BCUT2D eigenvalue weighted by Gasteiger charge is 2.41. The van der Waals surface area contributed by atoms with Crippen LogP contribution in [0.4, 0.5) is 0 Å². The van der Waals surface area contributed by atoms with Crippen LogP contribution in [0, 0.1) is 0 Å². The maximum Gasteiger partial charge on any atom is 0.303 e. The molecule has 2 N–H and O–H groups in total. The van der Waals surface area contributed by atoms with Gasteiger partial charge in [-0.25, -0.2) is 0 Å². The summed E-state index contributed by atoms with van der Waals surface area (Å²) in [5.41, 5.74) is 0. The van der Waals surface area contributed by atoms with Crippen LogP contribution in [0.3, 0.4) is 0 Å². The Morgan fingerprint density at radius 2 is 1.94 bits per heavy atom. The summed E-state index contributed by atoms with van der Waals surface area (Å²) >= 11 is 0. The molecule has 2 aliphatic heterocycles. The summed E-state index contributed by atoms with van der Waals surface area (Å²) in [6.07, 6.45) is 4.90. The normalized spacial score (nSPS) is 36.2. The molecular weight excluding hydrogens is 206 g/mol. The van der Waals surface area contributed by atoms with E-state index >= 15 is 0 Å². The monoisotopic (exact) mass is 227 g/mol. The van der Waals surface area contributed by atoms with Crippen LogP contribution in [0.5, 0.6) is 0 Å². The van der Waals surface area contributed by atoms with Crippen molar-refractivity contribution in [3.8, 4) is 0 Å². The van der Waals surface area contributed by atoms with Gasteiger partial charge >= 0.3 is 5.97 Å². The molecule has 0 aromatic heterocycles. The van der Waals surface area contributed by atoms with Crippen molar-refractivity contribution in [1.82, 2.24) is 4.90 Å². The first-order valence-corrected chi connectivity index (χ1v) is 6.25. The molecule has 0 aromatic rings. The molecule has 3 atom stereocenters. The first kappa shape index (κ1) is 11.9. The molecule has 3 unspecified atom stereocenters. The molecule has 2 bridgehead atoms. The number of carbonyl (C=O) groups is 1. The number of hydrogen-bond donors (Lipinski definition) is 2. The van der Waals surface area contributed by atoms with Crippen LogP contribution in [0.15, 0.2) is 0 Å². The first-order valence-electron chi connectivity index (χ1n) is 6.25. The number of aliphatic carboxylic acids is 1. The molecule has 2 rings (SSSR count). The molecule has 0 radical (unpaired) electrons. The van der Waals surface area contributed by atoms with Crippen LogP contribution >= 0.6 is 0 Å². The molecule has 2 heterocycles. The van der Waals surface area contributed by atoms with Crippen LogP contribution in [0.25, 0.3) is 0 Å². The Labute approximate surface area is 96.3 Å². The Hall–Kier alpha value is -0.610. The van der Waals surface area contributed by atoms with E-state index in [1.165, 1.54) is 12.8 Å². The van der Waals surface area contributed by atoms with Gasteiger partial charge in [0.05, 0.1) is 6.10 Å². The highest BCUT2D eigenvalue weighted by atomic mass is 16.4. The number of rotatable bonds is 4. The van der Waals surface area contributed by atoms with Gasteiger partial charge in [0.2, 0.25) is 0 Å². The zero-order chi connectivity index (χ0) is 11.7. The van der Waals surface area contributed by atoms with Crippen molar-refractivity contribution in [3.05, 3.63) is 0 Å². The largest absolute Gasteiger partial charge is 0.481 e. The molecule has 2 fully saturated rings. The fourth-order valence-electron chi connectivity index (χ4n) is 3.39. The fraction of sp³-hybridized carbons (Fsp3) is 0.917. The number of fused-ring (bicyclic) bond motifs is 2. The van der Waals surface area contributed by atoms with Crippen LogP contribution in [0.1, 0.15) is 45.4 Å². The van der Waals surface area contributed by atoms with Gasteiger partial charge in [0.25, 0.3) is 0 Å². The minimum Gasteiger partial charge on any atom is -0.481 e. The summed E-state index contributed by atoms with van der Waals surface area (Å²) in [7, 11) is 0. The number of carboxylic acids is 1. The van der Waals surface area contributed by atoms with Crippen LogP contribution in [-0.4, -0.2) is 45.3 Å². The topological polar surface area (TPSA) is 60.8 Å². The zero-order valence-electron chi connectivity index (χ0n) is 9.80. The van der Waals surface area contributed by atoms with Crippen LogP contribution in [0.2, 0.25) is 0 Å². The molecule has 92 valence electrons. The fourth-order valence-corrected chi connectivity index (χ4v) is 3.39. The highest BCUT2D eigenvalue weighted by molar-refractivity contribution is 5.66. The maximum absolute atomic E-state index is 10.6. The van der Waals surface area contributed by atoms with Crippen molar-refractivity contribution in [1.29, 1.82) is 0 Å². The first-order chi connectivity index (χ1) is 7.58. The summed E-state index contributed by atoms with van der Waals surface area (Å²) in [6.45, 7) is 2.12. The van der Waals surface area contributed by atoms with E-state index in [0.717, 1.165) is 19.3 Å². The predicted molar refractivity (Wildman–Crippen MR) is 60.2 cm³/mol. The van der Waals surface area contributed by atoms with Crippen molar-refractivity contribution < 1.29 is 15.0 Å². The quantitative estimate of drug-likeness (QED) is 0.758. The smallest absolute Gasteiger partial charge is 0.303 e. The van der Waals surface area contributed by atoms with E-state index in [2.05, 4.69) is 11.8 Å². The maximum atomic E-state index is 10.6. The van der Waals surface area contributed by atoms with Gasteiger partial charge in [-0.3, -0.25) is 9.69 Å². The van der Waals surface area contributed by atoms with Gasteiger partial charge in [0.1, 0.15) is 0 Å². The lowest BCUT2D eigenvalue weighted by molar-refractivity contribution is -0.137. The summed E-state index contributed by atoms with van der Waals surface area (Å²) in [4.78, 5) is 13.0. The van der Waals surface area contributed by atoms with Crippen molar-refractivity contribution >= 4 is 5.97 Å². The van der Waals surface area contributed by atoms with Gasteiger partial charge in [-0.15, -0.1) is 0 Å². The van der Waals surface area contributed by atoms with Gasteiger partial charge < -0.3 is 10.2 Å². The Bertz CT molecular complexity index is 255. The Morgan fingerprint density at radius 1 is 1.38 bits per heavy atom. The second kappa shape index (κ2) is 4.72. The molecule has 0 spiro atoms. The minimum atomic E-state index is -0.712. The third-order valence-corrected chi connectivity index (χ3v) is 4.05. The van der Waals surface area contributed by atoms with Gasteiger partial charge in [0.15, 0.2) is 0 Å². The molecule has 2 saturated heterocycles. The Morgan fingerprint density at radius 3 is 2.44 bits per heavy atom. The number of nitrogens with zero attached hydrogens (tertiary/aromatic N) is 1. The summed E-state index contributed by atoms with van der Waals surface area (Å²) in [5.74, 6) is -0.712. The molecule has 0 aromatic carbocycles. The highest BCUT2D eigenvalue weighted by Crippen LogP contribution is 2.37. The number of aliphatic hydroxyl groups excluding tert-OH is 1. The molecule has 0 saturated carbocycles. The third-order valence-electron chi connectivity index (χ3n) is 4.05. The molecule has 4 nitrogen and oxygen atoms in total. The van der Waals surface area contributed by atoms with Crippen LogP contribution < -0.4 is 0 Å². The van der Waals surface area contributed by atoms with E-state index in [0.29, 0.717) is 18.1 Å². The number of aliphatic hydroxyl groups is 1. The third kappa shape index (κ3) is 2.38. The zero-order valence-corrected chi connectivity index (χ0v) is 9.80. The predicted octanol–water partition coefficient (Wildman–Crippen LogP) is 1.23. The number of hydrogen-bond acceptors (Lipinski definition) is 3. The summed E-state index contributed by atoms with van der Waals surface area (Å²) < 4.78 is 0. The van der Waals surface area contributed by atoms with Crippen molar-refractivity contribution in [2.24, 2.45) is 0 Å². The summed E-state index contributed by atoms with van der Waals surface area (Å²) in [6, 6.07) is 1.30. The van der Waals surface area contributed by atoms with E-state index in [9.17, 15) is 9.90 Å². The average molecular weight is 227 g/mol. The van der Waals surface area contributed by atoms with E-state index < -0.39 is 5.97 Å². The van der Waals surface area contributed by atoms with Crippen molar-refractivity contribution in [3.63, 3.8) is 0 Å². The molecule has 16 heavy (non-hydrogen) atoms. The standard InChI is InChI=1S/C12H21NO3/c1-8(2-5-12(15)16)13-9-3-4-10(13)7-11(14)6-9/h8-11,14H,2-7H2,1H3,(H,15,16). The summed E-state index contributed by atoms with van der Waals surface area (Å²) in [5, 5.41) is 18.4. The van der Waals surface area contributed by atoms with E-state index in [1.807, 2.05) is 0 Å². The lowest BCUT2D eigenvalue weighted by Crippen LogP contribution is -2.49. The Balaban J connectivity index is 1.92. The molecular formula is C12H21NO3. The van der Waals surface area contributed by atoms with Gasteiger partial charge in [-0.05, 0) is 39.0 Å². The molecule has 2 aliphatic rings. The molecule has 0 aliphatic carbocycles. The lowest BCUT2D eigenvalue weighted by atomic mass is 9.96. The Kier molecular flexibility index (Phi) is 3.50. The number of carboxylic acid groups (broad SMARTS) is 1. The second-order valence-electron chi connectivity index (χ2n) is 5.24. The van der Waals surface area contributed by atoms with E-state index in [1.54, 1.807) is 0 Å². The van der Waals surface area contributed by atoms with E-state index in [4.69, 9.17) is 5.11 Å². The van der Waals surface area contributed by atoms with Crippen molar-refractivity contribution in [2.75, 3.05) is 0 Å². The molecule has 0 amide bonds. The lowest BCUT2D eigenvalue weighted by Gasteiger charge is -2.41. The average Bonchev–Trinajstić information content (AvgIpc) is 2.48. The van der Waals surface area contributed by atoms with Crippen LogP contribution in [-0.2, 0) is 4.79 Å². The van der Waals surface area contributed by atoms with Gasteiger partial charge in [-0.2, -0.15) is 0 Å².